The van der Waals surface area contributed by atoms with Gasteiger partial charge in [0.05, 0.1) is 16.7 Å². The summed E-state index contributed by atoms with van der Waals surface area (Å²) in [5, 5.41) is 32.0. The van der Waals surface area contributed by atoms with Crippen molar-refractivity contribution in [2.24, 2.45) is 0 Å². The van der Waals surface area contributed by atoms with Gasteiger partial charge in [0.1, 0.15) is 11.5 Å². The Kier molecular flexibility index (Phi) is 7.11. The molecule has 0 saturated carbocycles. The zero-order chi connectivity index (χ0) is 28.2. The van der Waals surface area contributed by atoms with Crippen LogP contribution in [0.2, 0.25) is 0 Å². The van der Waals surface area contributed by atoms with E-state index in [1.807, 2.05) is 42.5 Å². The number of carboxylic acid groups (broad SMARTS) is 3. The predicted octanol–water partition coefficient (Wildman–Crippen LogP) is 7.72. The van der Waals surface area contributed by atoms with Gasteiger partial charge in [-0.3, -0.25) is 0 Å². The van der Waals surface area contributed by atoms with Gasteiger partial charge in [-0.15, -0.1) is 0 Å². The Hall–Kier alpha value is -5.69. The van der Waals surface area contributed by atoms with Crippen molar-refractivity contribution in [3.05, 3.63) is 132 Å². The SMILES string of the molecule is O=C(O)c1ccc2cc(Oc3cccc4c(C(=O)O)cccc34)ccc2c1.O=C(O)c1cccc2ccccc12. The molecule has 7 nitrogen and oxygen atoms in total. The second kappa shape index (κ2) is 11.0. The van der Waals surface area contributed by atoms with Crippen LogP contribution >= 0.6 is 0 Å². The molecule has 196 valence electrons. The molecular weight excluding hydrogens is 508 g/mol. The maximum atomic E-state index is 11.4. The molecule has 0 saturated heterocycles. The zero-order valence-corrected chi connectivity index (χ0v) is 20.9. The highest BCUT2D eigenvalue weighted by Gasteiger charge is 2.12. The Balaban J connectivity index is 0.000000207. The first-order chi connectivity index (χ1) is 19.3. The molecule has 6 rings (SSSR count). The molecule has 0 unspecified atom stereocenters. The summed E-state index contributed by atoms with van der Waals surface area (Å²) in [6.07, 6.45) is 0. The third-order valence-electron chi connectivity index (χ3n) is 6.42. The number of aromatic carboxylic acids is 3. The lowest BCUT2D eigenvalue weighted by Crippen LogP contribution is -1.97. The van der Waals surface area contributed by atoms with Crippen molar-refractivity contribution >= 4 is 50.2 Å². The highest BCUT2D eigenvalue weighted by atomic mass is 16.5. The van der Waals surface area contributed by atoms with Gasteiger partial charge in [0, 0.05) is 5.39 Å². The third-order valence-corrected chi connectivity index (χ3v) is 6.42. The van der Waals surface area contributed by atoms with E-state index >= 15 is 0 Å². The molecule has 0 amide bonds. The van der Waals surface area contributed by atoms with Crippen LogP contribution in [0.5, 0.6) is 11.5 Å². The molecule has 6 aromatic carbocycles. The van der Waals surface area contributed by atoms with Gasteiger partial charge in [-0.25, -0.2) is 14.4 Å². The van der Waals surface area contributed by atoms with Gasteiger partial charge in [-0.2, -0.15) is 0 Å². The minimum absolute atomic E-state index is 0.220. The van der Waals surface area contributed by atoms with Gasteiger partial charge in [0.2, 0.25) is 0 Å². The van der Waals surface area contributed by atoms with E-state index in [0.717, 1.165) is 21.5 Å². The van der Waals surface area contributed by atoms with Gasteiger partial charge in [0.25, 0.3) is 0 Å². The summed E-state index contributed by atoms with van der Waals surface area (Å²) >= 11 is 0. The molecule has 0 aliphatic carbocycles. The average Bonchev–Trinajstić information content (AvgIpc) is 2.96. The highest BCUT2D eigenvalue weighted by Crippen LogP contribution is 2.33. The van der Waals surface area contributed by atoms with Gasteiger partial charge in [-0.1, -0.05) is 72.8 Å². The van der Waals surface area contributed by atoms with Crippen LogP contribution < -0.4 is 4.74 Å². The summed E-state index contributed by atoms with van der Waals surface area (Å²) in [5.41, 5.74) is 0.808. The number of rotatable bonds is 5. The Morgan fingerprint density at radius 3 is 1.80 bits per heavy atom. The Labute approximate surface area is 228 Å². The molecular formula is C33H22O7. The molecule has 0 aliphatic rings. The second-order valence-corrected chi connectivity index (χ2v) is 8.92. The molecule has 0 spiro atoms. The Bertz CT molecular complexity index is 1920. The molecule has 40 heavy (non-hydrogen) atoms. The van der Waals surface area contributed by atoms with Gasteiger partial charge in [0.15, 0.2) is 0 Å². The summed E-state index contributed by atoms with van der Waals surface area (Å²) in [5.74, 6) is -1.70. The molecule has 0 atom stereocenters. The first kappa shape index (κ1) is 25.9. The molecule has 0 fully saturated rings. The summed E-state index contributed by atoms with van der Waals surface area (Å²) in [6.45, 7) is 0. The standard InChI is InChI=1S/C22H14O5.C11H8O2/c23-21(24)15-8-7-14-12-16(10-9-13(14)11-15)27-20-6-2-3-17-18(20)4-1-5-19(17)22(25)26;12-11(13)10-7-3-5-8-4-1-2-6-9(8)10/h1-12H,(H,23,24)(H,25,26);1-7H,(H,12,13). The second-order valence-electron chi connectivity index (χ2n) is 8.92. The number of benzene rings is 6. The minimum atomic E-state index is -0.988. The quantitative estimate of drug-likeness (QED) is 0.209. The van der Waals surface area contributed by atoms with E-state index < -0.39 is 17.9 Å². The van der Waals surface area contributed by atoms with E-state index in [2.05, 4.69) is 0 Å². The molecule has 0 radical (unpaired) electrons. The summed E-state index contributed by atoms with van der Waals surface area (Å²) < 4.78 is 6.00. The molecule has 0 heterocycles. The third kappa shape index (κ3) is 5.30. The number of carbonyl (C=O) groups is 3. The monoisotopic (exact) mass is 530 g/mol. The molecule has 3 N–H and O–H groups in total. The Morgan fingerprint density at radius 1 is 0.475 bits per heavy atom. The molecule has 0 aromatic heterocycles. The maximum absolute atomic E-state index is 11.4. The lowest BCUT2D eigenvalue weighted by Gasteiger charge is -2.11. The normalized spacial score (nSPS) is 10.6. The van der Waals surface area contributed by atoms with Crippen molar-refractivity contribution in [2.75, 3.05) is 0 Å². The fraction of sp³-hybridized carbons (Fsp3) is 0. The molecule has 0 aliphatic heterocycles. The largest absolute Gasteiger partial charge is 0.478 e. The van der Waals surface area contributed by atoms with E-state index in [-0.39, 0.29) is 11.1 Å². The summed E-state index contributed by atoms with van der Waals surface area (Å²) in [4.78, 5) is 33.3. The first-order valence-corrected chi connectivity index (χ1v) is 12.2. The summed E-state index contributed by atoms with van der Waals surface area (Å²) in [6, 6.07) is 33.4. The van der Waals surface area contributed by atoms with Crippen molar-refractivity contribution in [3.63, 3.8) is 0 Å². The number of hydrogen-bond acceptors (Lipinski definition) is 4. The van der Waals surface area contributed by atoms with Crippen molar-refractivity contribution in [3.8, 4) is 11.5 Å². The average molecular weight is 531 g/mol. The van der Waals surface area contributed by atoms with Crippen molar-refractivity contribution < 1.29 is 34.4 Å². The van der Waals surface area contributed by atoms with Crippen LogP contribution in [-0.4, -0.2) is 33.2 Å². The molecule has 6 aromatic rings. The fourth-order valence-corrected chi connectivity index (χ4v) is 4.52. The van der Waals surface area contributed by atoms with Crippen LogP contribution in [-0.2, 0) is 0 Å². The van der Waals surface area contributed by atoms with Crippen molar-refractivity contribution in [1.29, 1.82) is 0 Å². The minimum Gasteiger partial charge on any atom is -0.478 e. The van der Waals surface area contributed by atoms with Crippen molar-refractivity contribution in [1.82, 2.24) is 0 Å². The van der Waals surface area contributed by atoms with E-state index in [1.165, 1.54) is 0 Å². The first-order valence-electron chi connectivity index (χ1n) is 12.2. The van der Waals surface area contributed by atoms with Crippen LogP contribution in [0, 0.1) is 0 Å². The Morgan fingerprint density at radius 2 is 1.05 bits per heavy atom. The van der Waals surface area contributed by atoms with E-state index in [0.29, 0.717) is 27.8 Å². The number of hydrogen-bond donors (Lipinski definition) is 3. The maximum Gasteiger partial charge on any atom is 0.336 e. The number of fused-ring (bicyclic) bond motifs is 3. The lowest BCUT2D eigenvalue weighted by molar-refractivity contribution is 0.0687. The van der Waals surface area contributed by atoms with E-state index in [1.54, 1.807) is 72.8 Å². The predicted molar refractivity (Wildman–Crippen MR) is 153 cm³/mol. The molecule has 0 bridgehead atoms. The van der Waals surface area contributed by atoms with Gasteiger partial charge < -0.3 is 20.1 Å². The van der Waals surface area contributed by atoms with Crippen LogP contribution in [0.1, 0.15) is 31.1 Å². The lowest BCUT2D eigenvalue weighted by atomic mass is 10.0. The van der Waals surface area contributed by atoms with Gasteiger partial charge >= 0.3 is 17.9 Å². The highest BCUT2D eigenvalue weighted by molar-refractivity contribution is 6.05. The van der Waals surface area contributed by atoms with Crippen molar-refractivity contribution in [2.45, 2.75) is 0 Å². The number of carboxylic acids is 3. The van der Waals surface area contributed by atoms with Crippen LogP contribution in [0.3, 0.4) is 0 Å². The smallest absolute Gasteiger partial charge is 0.336 e. The zero-order valence-electron chi connectivity index (χ0n) is 20.9. The fourth-order valence-electron chi connectivity index (χ4n) is 4.52. The van der Waals surface area contributed by atoms with E-state index in [9.17, 15) is 19.5 Å². The summed E-state index contributed by atoms with van der Waals surface area (Å²) in [7, 11) is 0. The van der Waals surface area contributed by atoms with Crippen LogP contribution in [0.15, 0.2) is 115 Å². The van der Waals surface area contributed by atoms with Crippen LogP contribution in [0.4, 0.5) is 0 Å². The molecule has 7 heteroatoms. The van der Waals surface area contributed by atoms with Crippen LogP contribution in [0.25, 0.3) is 32.3 Å². The van der Waals surface area contributed by atoms with E-state index in [4.69, 9.17) is 14.9 Å². The number of ether oxygens (including phenoxy) is 1. The topological polar surface area (TPSA) is 121 Å². The van der Waals surface area contributed by atoms with Gasteiger partial charge in [-0.05, 0) is 69.4 Å².